The van der Waals surface area contributed by atoms with Crippen molar-refractivity contribution in [3.63, 3.8) is 0 Å². The molecule has 25 heavy (non-hydrogen) atoms. The Hall–Kier alpha value is -2.86. The fourth-order valence-corrected chi connectivity index (χ4v) is 3.40. The third-order valence-electron chi connectivity index (χ3n) is 4.68. The van der Waals surface area contributed by atoms with E-state index in [1.165, 1.54) is 0 Å². The molecule has 0 bridgehead atoms. The van der Waals surface area contributed by atoms with Gasteiger partial charge in [-0.1, -0.05) is 18.2 Å². The first-order valence-corrected chi connectivity index (χ1v) is 8.49. The van der Waals surface area contributed by atoms with Gasteiger partial charge in [0.25, 0.3) is 5.91 Å². The summed E-state index contributed by atoms with van der Waals surface area (Å²) in [4.78, 5) is 20.9. The van der Waals surface area contributed by atoms with Crippen molar-refractivity contribution in [2.45, 2.75) is 6.54 Å². The van der Waals surface area contributed by atoms with E-state index in [1.54, 1.807) is 6.07 Å². The highest BCUT2D eigenvalue weighted by Crippen LogP contribution is 2.22. The number of rotatable bonds is 4. The Labute approximate surface area is 146 Å². The summed E-state index contributed by atoms with van der Waals surface area (Å²) in [7, 11) is 0. The van der Waals surface area contributed by atoms with E-state index in [0.717, 1.165) is 49.8 Å². The number of imidazole rings is 1. The predicted octanol–water partition coefficient (Wildman–Crippen LogP) is 1.76. The van der Waals surface area contributed by atoms with Crippen LogP contribution in [0.15, 0.2) is 54.9 Å². The van der Waals surface area contributed by atoms with Gasteiger partial charge < -0.3 is 15.0 Å². The molecule has 3 heterocycles. The molecule has 6 heteroatoms. The number of aromatic nitrogens is 2. The fourth-order valence-electron chi connectivity index (χ4n) is 3.40. The zero-order chi connectivity index (χ0) is 17.2. The molecule has 1 amide bonds. The quantitative estimate of drug-likeness (QED) is 0.789. The van der Waals surface area contributed by atoms with Crippen LogP contribution in [-0.4, -0.2) is 46.4 Å². The van der Waals surface area contributed by atoms with Crippen molar-refractivity contribution < 1.29 is 4.79 Å². The van der Waals surface area contributed by atoms with E-state index in [-0.39, 0.29) is 5.91 Å². The van der Waals surface area contributed by atoms with Gasteiger partial charge in [0.2, 0.25) is 0 Å². The molecule has 0 spiro atoms. The number of benzene rings is 1. The standard InChI is InChI=1S/C19H21N5O/c20-19(25)16-5-1-2-6-17(16)23-11-9-22(10-12-23)13-15-14-24-8-4-3-7-18(24)21-15/h1-8,14H,9-13H2,(H2,20,25). The van der Waals surface area contributed by atoms with Crippen LogP contribution in [0.5, 0.6) is 0 Å². The lowest BCUT2D eigenvalue weighted by Crippen LogP contribution is -2.46. The molecule has 1 aliphatic rings. The van der Waals surface area contributed by atoms with Gasteiger partial charge >= 0.3 is 0 Å². The fraction of sp³-hybridized carbons (Fsp3) is 0.263. The van der Waals surface area contributed by atoms with Gasteiger partial charge in [0.1, 0.15) is 5.65 Å². The first-order chi connectivity index (χ1) is 12.2. The molecule has 4 rings (SSSR count). The molecule has 0 radical (unpaired) electrons. The molecule has 1 aliphatic heterocycles. The third kappa shape index (κ3) is 3.21. The molecule has 0 saturated carbocycles. The van der Waals surface area contributed by atoms with E-state index in [9.17, 15) is 4.79 Å². The number of pyridine rings is 1. The molecular formula is C19H21N5O. The van der Waals surface area contributed by atoms with Gasteiger partial charge in [0.05, 0.1) is 11.3 Å². The molecule has 0 unspecified atom stereocenters. The summed E-state index contributed by atoms with van der Waals surface area (Å²) < 4.78 is 2.05. The molecule has 2 N–H and O–H groups in total. The monoisotopic (exact) mass is 335 g/mol. The summed E-state index contributed by atoms with van der Waals surface area (Å²) in [5.41, 5.74) is 9.09. The summed E-state index contributed by atoms with van der Waals surface area (Å²) in [6.45, 7) is 4.45. The number of para-hydroxylation sites is 1. The number of hydrogen-bond donors (Lipinski definition) is 1. The molecule has 1 saturated heterocycles. The van der Waals surface area contributed by atoms with E-state index in [0.29, 0.717) is 5.56 Å². The van der Waals surface area contributed by atoms with Crippen LogP contribution >= 0.6 is 0 Å². The Balaban J connectivity index is 1.42. The smallest absolute Gasteiger partial charge is 0.250 e. The Morgan fingerprint density at radius 3 is 2.56 bits per heavy atom. The average Bonchev–Trinajstić information content (AvgIpc) is 3.04. The summed E-state index contributed by atoms with van der Waals surface area (Å²) in [5, 5.41) is 0. The number of piperazine rings is 1. The van der Waals surface area contributed by atoms with Gasteiger partial charge in [0, 0.05) is 50.8 Å². The molecule has 1 fully saturated rings. The van der Waals surface area contributed by atoms with E-state index >= 15 is 0 Å². The van der Waals surface area contributed by atoms with Crippen molar-refractivity contribution in [2.24, 2.45) is 5.73 Å². The highest BCUT2D eigenvalue weighted by Gasteiger charge is 2.21. The third-order valence-corrected chi connectivity index (χ3v) is 4.68. The Morgan fingerprint density at radius 1 is 1.04 bits per heavy atom. The van der Waals surface area contributed by atoms with Crippen LogP contribution in [0.25, 0.3) is 5.65 Å². The second kappa shape index (κ2) is 6.57. The number of fused-ring (bicyclic) bond motifs is 1. The number of amides is 1. The first-order valence-electron chi connectivity index (χ1n) is 8.49. The largest absolute Gasteiger partial charge is 0.368 e. The molecule has 128 valence electrons. The van der Waals surface area contributed by atoms with Crippen molar-refractivity contribution in [2.75, 3.05) is 31.1 Å². The lowest BCUT2D eigenvalue weighted by atomic mass is 10.1. The number of primary amides is 1. The normalized spacial score (nSPS) is 15.6. The average molecular weight is 335 g/mol. The highest BCUT2D eigenvalue weighted by molar-refractivity contribution is 5.98. The van der Waals surface area contributed by atoms with E-state index in [2.05, 4.69) is 25.4 Å². The maximum Gasteiger partial charge on any atom is 0.250 e. The van der Waals surface area contributed by atoms with Gasteiger partial charge in [-0.3, -0.25) is 9.69 Å². The first kappa shape index (κ1) is 15.7. The van der Waals surface area contributed by atoms with Crippen molar-refractivity contribution in [1.29, 1.82) is 0 Å². The molecule has 2 aromatic heterocycles. The van der Waals surface area contributed by atoms with Crippen LogP contribution < -0.4 is 10.6 Å². The number of nitrogens with two attached hydrogens (primary N) is 1. The van der Waals surface area contributed by atoms with Gasteiger partial charge in [-0.05, 0) is 24.3 Å². The van der Waals surface area contributed by atoms with Crippen molar-refractivity contribution in [3.05, 3.63) is 66.1 Å². The Kier molecular flexibility index (Phi) is 4.11. The minimum atomic E-state index is -0.372. The second-order valence-electron chi connectivity index (χ2n) is 6.34. The number of anilines is 1. The van der Waals surface area contributed by atoms with Gasteiger partial charge in [0.15, 0.2) is 0 Å². The lowest BCUT2D eigenvalue weighted by molar-refractivity contribution is 0.100. The summed E-state index contributed by atoms with van der Waals surface area (Å²) >= 11 is 0. The van der Waals surface area contributed by atoms with Crippen molar-refractivity contribution >= 4 is 17.2 Å². The molecule has 3 aromatic rings. The Morgan fingerprint density at radius 2 is 1.80 bits per heavy atom. The van der Waals surface area contributed by atoms with Crippen LogP contribution in [0.3, 0.4) is 0 Å². The highest BCUT2D eigenvalue weighted by atomic mass is 16.1. The summed E-state index contributed by atoms with van der Waals surface area (Å²) in [5.74, 6) is -0.372. The number of nitrogens with zero attached hydrogens (tertiary/aromatic N) is 4. The second-order valence-corrected chi connectivity index (χ2v) is 6.34. The summed E-state index contributed by atoms with van der Waals surface area (Å²) in [6, 6.07) is 13.6. The van der Waals surface area contributed by atoms with Crippen LogP contribution in [0.1, 0.15) is 16.1 Å². The lowest BCUT2D eigenvalue weighted by Gasteiger charge is -2.36. The van der Waals surface area contributed by atoms with Crippen LogP contribution in [0, 0.1) is 0 Å². The van der Waals surface area contributed by atoms with E-state index in [4.69, 9.17) is 5.73 Å². The summed E-state index contributed by atoms with van der Waals surface area (Å²) in [6.07, 6.45) is 4.11. The van der Waals surface area contributed by atoms with Crippen LogP contribution in [0.2, 0.25) is 0 Å². The maximum absolute atomic E-state index is 11.6. The molecule has 0 atom stereocenters. The Bertz CT molecular complexity index is 862. The number of carbonyl (C=O) groups is 1. The van der Waals surface area contributed by atoms with Gasteiger partial charge in [-0.25, -0.2) is 4.98 Å². The topological polar surface area (TPSA) is 66.9 Å². The van der Waals surface area contributed by atoms with Crippen molar-refractivity contribution in [3.8, 4) is 0 Å². The molecule has 6 nitrogen and oxygen atoms in total. The van der Waals surface area contributed by atoms with Gasteiger partial charge in [-0.2, -0.15) is 0 Å². The van der Waals surface area contributed by atoms with Crippen LogP contribution in [0.4, 0.5) is 5.69 Å². The van der Waals surface area contributed by atoms with Crippen molar-refractivity contribution in [1.82, 2.24) is 14.3 Å². The van der Waals surface area contributed by atoms with Gasteiger partial charge in [-0.15, -0.1) is 0 Å². The predicted molar refractivity (Wildman–Crippen MR) is 97.6 cm³/mol. The maximum atomic E-state index is 11.6. The SMILES string of the molecule is NC(=O)c1ccccc1N1CCN(Cc2cn3ccccc3n2)CC1. The van der Waals surface area contributed by atoms with E-state index in [1.807, 2.05) is 42.6 Å². The zero-order valence-corrected chi connectivity index (χ0v) is 14.0. The minimum absolute atomic E-state index is 0.372. The minimum Gasteiger partial charge on any atom is -0.368 e. The molecule has 0 aliphatic carbocycles. The van der Waals surface area contributed by atoms with Crippen LogP contribution in [-0.2, 0) is 6.54 Å². The zero-order valence-electron chi connectivity index (χ0n) is 14.0. The van der Waals surface area contributed by atoms with E-state index < -0.39 is 0 Å². The number of hydrogen-bond acceptors (Lipinski definition) is 4. The molecule has 1 aromatic carbocycles. The molecular weight excluding hydrogens is 314 g/mol. The number of carbonyl (C=O) groups excluding carboxylic acids is 1.